The van der Waals surface area contributed by atoms with Crippen molar-refractivity contribution in [2.24, 2.45) is 0 Å². The van der Waals surface area contributed by atoms with Gasteiger partial charge in [-0.05, 0) is 41.0 Å². The molecule has 0 saturated carbocycles. The SMILES string of the molecule is O=C(Cc1cc(Cl)c2c(c1)OCCO2)NCc1cccc(Cn2cnc3ccccc32)c1. The molecule has 0 fully saturated rings. The minimum absolute atomic E-state index is 0.0799. The van der Waals surface area contributed by atoms with E-state index in [1.54, 1.807) is 6.07 Å². The van der Waals surface area contributed by atoms with E-state index in [-0.39, 0.29) is 12.3 Å². The van der Waals surface area contributed by atoms with Crippen LogP contribution in [0.5, 0.6) is 11.5 Å². The first-order chi connectivity index (χ1) is 15.7. The maximum absolute atomic E-state index is 12.5. The number of amides is 1. The van der Waals surface area contributed by atoms with Crippen molar-refractivity contribution >= 4 is 28.5 Å². The number of benzene rings is 3. The van der Waals surface area contributed by atoms with E-state index in [9.17, 15) is 4.79 Å². The van der Waals surface area contributed by atoms with Gasteiger partial charge in [0.1, 0.15) is 13.2 Å². The smallest absolute Gasteiger partial charge is 0.224 e. The molecule has 32 heavy (non-hydrogen) atoms. The Bertz CT molecular complexity index is 1280. The van der Waals surface area contributed by atoms with E-state index >= 15 is 0 Å². The zero-order valence-corrected chi connectivity index (χ0v) is 18.1. The third-order valence-corrected chi connectivity index (χ3v) is 5.66. The molecule has 3 aromatic carbocycles. The number of hydrogen-bond donors (Lipinski definition) is 1. The van der Waals surface area contributed by atoms with E-state index in [0.717, 1.165) is 34.3 Å². The van der Waals surface area contributed by atoms with Gasteiger partial charge >= 0.3 is 0 Å². The highest BCUT2D eigenvalue weighted by atomic mass is 35.5. The van der Waals surface area contributed by atoms with Crippen LogP contribution in [0.3, 0.4) is 0 Å². The van der Waals surface area contributed by atoms with Crippen molar-refractivity contribution in [3.8, 4) is 11.5 Å². The number of imidazole rings is 1. The fourth-order valence-electron chi connectivity index (χ4n) is 3.89. The van der Waals surface area contributed by atoms with Crippen LogP contribution >= 0.6 is 11.6 Å². The van der Waals surface area contributed by atoms with Crippen molar-refractivity contribution in [1.82, 2.24) is 14.9 Å². The molecule has 5 rings (SSSR count). The lowest BCUT2D eigenvalue weighted by atomic mass is 10.1. The van der Waals surface area contributed by atoms with Crippen LogP contribution in [-0.4, -0.2) is 28.7 Å². The van der Waals surface area contributed by atoms with E-state index in [1.165, 1.54) is 0 Å². The van der Waals surface area contributed by atoms with Crippen LogP contribution < -0.4 is 14.8 Å². The highest BCUT2D eigenvalue weighted by molar-refractivity contribution is 6.32. The third kappa shape index (κ3) is 4.41. The summed E-state index contributed by atoms with van der Waals surface area (Å²) < 4.78 is 13.2. The van der Waals surface area contributed by atoms with Gasteiger partial charge in [0.15, 0.2) is 11.5 Å². The van der Waals surface area contributed by atoms with Crippen LogP contribution in [0.1, 0.15) is 16.7 Å². The first-order valence-electron chi connectivity index (χ1n) is 10.5. The number of rotatable bonds is 6. The Hall–Kier alpha value is -3.51. The second-order valence-electron chi connectivity index (χ2n) is 7.74. The zero-order valence-electron chi connectivity index (χ0n) is 17.4. The van der Waals surface area contributed by atoms with Gasteiger partial charge in [0.2, 0.25) is 5.91 Å². The van der Waals surface area contributed by atoms with Gasteiger partial charge in [-0.15, -0.1) is 0 Å². The van der Waals surface area contributed by atoms with Crippen LogP contribution in [0.4, 0.5) is 0 Å². The molecule has 1 N–H and O–H groups in total. The van der Waals surface area contributed by atoms with E-state index in [0.29, 0.717) is 36.3 Å². The summed E-state index contributed by atoms with van der Waals surface area (Å²) in [6.07, 6.45) is 2.08. The molecule has 162 valence electrons. The monoisotopic (exact) mass is 447 g/mol. The van der Waals surface area contributed by atoms with Crippen molar-refractivity contribution in [1.29, 1.82) is 0 Å². The summed E-state index contributed by atoms with van der Waals surface area (Å²) in [4.78, 5) is 17.0. The molecule has 1 aromatic heterocycles. The minimum Gasteiger partial charge on any atom is -0.486 e. The van der Waals surface area contributed by atoms with Crippen LogP contribution in [-0.2, 0) is 24.3 Å². The van der Waals surface area contributed by atoms with Gasteiger partial charge in [-0.3, -0.25) is 4.79 Å². The number of para-hydroxylation sites is 2. The Morgan fingerprint density at radius 2 is 1.84 bits per heavy atom. The number of carbonyl (C=O) groups excluding carboxylic acids is 1. The van der Waals surface area contributed by atoms with Crippen LogP contribution in [0.25, 0.3) is 11.0 Å². The number of aromatic nitrogens is 2. The van der Waals surface area contributed by atoms with Gasteiger partial charge in [-0.1, -0.05) is 48.0 Å². The predicted octanol–water partition coefficient (Wildman–Crippen LogP) is 4.37. The Morgan fingerprint density at radius 3 is 2.78 bits per heavy atom. The van der Waals surface area contributed by atoms with Crippen molar-refractivity contribution in [2.45, 2.75) is 19.5 Å². The highest BCUT2D eigenvalue weighted by Gasteiger charge is 2.17. The number of ether oxygens (including phenoxy) is 2. The molecule has 0 atom stereocenters. The molecule has 0 radical (unpaired) electrons. The van der Waals surface area contributed by atoms with E-state index in [1.807, 2.05) is 42.7 Å². The average Bonchev–Trinajstić information content (AvgIpc) is 3.21. The van der Waals surface area contributed by atoms with Crippen LogP contribution in [0.15, 0.2) is 67.0 Å². The van der Waals surface area contributed by atoms with Crippen LogP contribution in [0, 0.1) is 0 Å². The highest BCUT2D eigenvalue weighted by Crippen LogP contribution is 2.38. The lowest BCUT2D eigenvalue weighted by Gasteiger charge is -2.20. The summed E-state index contributed by atoms with van der Waals surface area (Å²) in [7, 11) is 0. The predicted molar refractivity (Wildman–Crippen MR) is 123 cm³/mol. The van der Waals surface area contributed by atoms with Gasteiger partial charge in [0.25, 0.3) is 0 Å². The lowest BCUT2D eigenvalue weighted by molar-refractivity contribution is -0.120. The van der Waals surface area contributed by atoms with Crippen molar-refractivity contribution < 1.29 is 14.3 Å². The number of hydrogen-bond acceptors (Lipinski definition) is 4. The molecular formula is C25H22ClN3O3. The van der Waals surface area contributed by atoms with Crippen molar-refractivity contribution in [3.63, 3.8) is 0 Å². The largest absolute Gasteiger partial charge is 0.486 e. The maximum atomic E-state index is 12.5. The summed E-state index contributed by atoms with van der Waals surface area (Å²) in [6.45, 7) is 2.13. The van der Waals surface area contributed by atoms with E-state index in [2.05, 4.69) is 33.1 Å². The number of fused-ring (bicyclic) bond motifs is 2. The van der Waals surface area contributed by atoms with E-state index in [4.69, 9.17) is 21.1 Å². The summed E-state index contributed by atoms with van der Waals surface area (Å²) in [5.74, 6) is 1.06. The van der Waals surface area contributed by atoms with Gasteiger partial charge in [0, 0.05) is 13.1 Å². The third-order valence-electron chi connectivity index (χ3n) is 5.38. The molecule has 2 heterocycles. The summed E-state index contributed by atoms with van der Waals surface area (Å²) in [5, 5.41) is 3.45. The molecule has 1 amide bonds. The maximum Gasteiger partial charge on any atom is 0.224 e. The fraction of sp³-hybridized carbons (Fsp3) is 0.200. The quantitative estimate of drug-likeness (QED) is 0.476. The first-order valence-corrected chi connectivity index (χ1v) is 10.9. The standard InChI is InChI=1S/C25H22ClN3O3/c26-20-11-19(12-23-25(20)32-9-8-31-23)13-24(30)27-14-17-4-3-5-18(10-17)15-29-16-28-21-6-1-2-7-22(21)29/h1-7,10-12,16H,8-9,13-15H2,(H,27,30). The number of halogens is 1. The Balaban J connectivity index is 1.22. The van der Waals surface area contributed by atoms with E-state index < -0.39 is 0 Å². The molecule has 0 spiro atoms. The van der Waals surface area contributed by atoms with Crippen molar-refractivity contribution in [3.05, 3.63) is 88.7 Å². The van der Waals surface area contributed by atoms with Gasteiger partial charge in [-0.25, -0.2) is 4.98 Å². The molecule has 0 saturated heterocycles. The number of nitrogens with one attached hydrogen (secondary N) is 1. The second-order valence-corrected chi connectivity index (χ2v) is 8.14. The molecule has 0 bridgehead atoms. The second kappa shape index (κ2) is 8.93. The molecule has 1 aliphatic rings. The Labute approximate surface area is 190 Å². The molecule has 1 aliphatic heterocycles. The fourth-order valence-corrected chi connectivity index (χ4v) is 4.17. The average molecular weight is 448 g/mol. The molecule has 0 unspecified atom stereocenters. The number of nitrogens with zero attached hydrogens (tertiary/aromatic N) is 2. The summed E-state index contributed by atoms with van der Waals surface area (Å²) in [6, 6.07) is 19.9. The molecular weight excluding hydrogens is 426 g/mol. The van der Waals surface area contributed by atoms with Crippen LogP contribution in [0.2, 0.25) is 5.02 Å². The minimum atomic E-state index is -0.0799. The molecule has 6 nitrogen and oxygen atoms in total. The molecule has 4 aromatic rings. The molecule has 0 aliphatic carbocycles. The number of carbonyl (C=O) groups is 1. The lowest BCUT2D eigenvalue weighted by Crippen LogP contribution is -2.24. The van der Waals surface area contributed by atoms with Crippen molar-refractivity contribution in [2.75, 3.05) is 13.2 Å². The normalized spacial score (nSPS) is 12.7. The topological polar surface area (TPSA) is 65.4 Å². The van der Waals surface area contributed by atoms with Gasteiger partial charge in [-0.2, -0.15) is 0 Å². The van der Waals surface area contributed by atoms with Gasteiger partial charge in [0.05, 0.1) is 28.8 Å². The first kappa shape index (κ1) is 20.4. The van der Waals surface area contributed by atoms with Gasteiger partial charge < -0.3 is 19.4 Å². The molecule has 7 heteroatoms. The Kier molecular flexibility index (Phi) is 5.69. The summed E-state index contributed by atoms with van der Waals surface area (Å²) in [5.41, 5.74) is 5.07. The zero-order chi connectivity index (χ0) is 21.9. The Morgan fingerprint density at radius 1 is 1.00 bits per heavy atom. The summed E-state index contributed by atoms with van der Waals surface area (Å²) >= 11 is 6.27.